The fourth-order valence-corrected chi connectivity index (χ4v) is 3.58. The Balaban J connectivity index is 1.34. The van der Waals surface area contributed by atoms with Crippen molar-refractivity contribution >= 4 is 28.2 Å². The van der Waals surface area contributed by atoms with Crippen LogP contribution in [0.25, 0.3) is 4.96 Å². The molecule has 1 N–H and O–H groups in total. The van der Waals surface area contributed by atoms with E-state index in [0.29, 0.717) is 22.1 Å². The first-order chi connectivity index (χ1) is 13.1. The smallest absolute Gasteiger partial charge is 0.325 e. The zero-order chi connectivity index (χ0) is 18.8. The second-order valence-corrected chi connectivity index (χ2v) is 7.19. The number of benzene rings is 1. The number of nitrogens with one attached hydrogen (secondary N) is 1. The van der Waals surface area contributed by atoms with E-state index in [1.165, 1.54) is 21.9 Å². The molecule has 8 nitrogen and oxygen atoms in total. The highest BCUT2D eigenvalue weighted by Crippen LogP contribution is 2.41. The molecule has 2 aromatic heterocycles. The van der Waals surface area contributed by atoms with E-state index in [1.807, 2.05) is 0 Å². The monoisotopic (exact) mass is 384 g/mol. The molecule has 1 aromatic carbocycles. The molecule has 0 aliphatic heterocycles. The molecule has 0 radical (unpaired) electrons. The van der Waals surface area contributed by atoms with Crippen LogP contribution in [0.1, 0.15) is 39.8 Å². The van der Waals surface area contributed by atoms with E-state index in [-0.39, 0.29) is 24.6 Å². The van der Waals surface area contributed by atoms with Crippen LogP contribution in [0.3, 0.4) is 0 Å². The van der Waals surface area contributed by atoms with Crippen LogP contribution in [-0.2, 0) is 16.1 Å². The van der Waals surface area contributed by atoms with Crippen molar-refractivity contribution < 1.29 is 14.3 Å². The third-order valence-corrected chi connectivity index (χ3v) is 5.12. The molecule has 1 amide bonds. The van der Waals surface area contributed by atoms with Crippen LogP contribution in [-0.4, -0.2) is 33.0 Å². The third-order valence-electron chi connectivity index (χ3n) is 4.05. The number of ether oxygens (including phenoxy) is 1. The molecule has 1 aliphatic carbocycles. The summed E-state index contributed by atoms with van der Waals surface area (Å²) < 4.78 is 6.39. The maximum atomic E-state index is 12.1. The molecular weight excluding hydrogens is 368 g/mol. The van der Waals surface area contributed by atoms with Gasteiger partial charge in [0.15, 0.2) is 0 Å². The number of carbonyl (C=O) groups excluding carboxylic acids is 2. The van der Waals surface area contributed by atoms with Crippen molar-refractivity contribution in [3.05, 3.63) is 63.0 Å². The predicted octanol–water partition coefficient (Wildman–Crippen LogP) is 1.50. The average Bonchev–Trinajstić information content (AvgIpc) is 3.44. The van der Waals surface area contributed by atoms with Crippen molar-refractivity contribution in [3.8, 4) is 0 Å². The Kier molecular flexibility index (Phi) is 4.68. The summed E-state index contributed by atoms with van der Waals surface area (Å²) in [6.45, 7) is -0.399. The molecule has 1 aliphatic rings. The van der Waals surface area contributed by atoms with Crippen LogP contribution in [0.5, 0.6) is 0 Å². The molecule has 9 heteroatoms. The van der Waals surface area contributed by atoms with E-state index < -0.39 is 5.97 Å². The average molecular weight is 384 g/mol. The van der Waals surface area contributed by atoms with Crippen LogP contribution >= 0.6 is 11.3 Å². The van der Waals surface area contributed by atoms with Gasteiger partial charge in [-0.25, -0.2) is 4.98 Å². The Morgan fingerprint density at radius 1 is 1.26 bits per heavy atom. The summed E-state index contributed by atoms with van der Waals surface area (Å²) in [7, 11) is 0. The van der Waals surface area contributed by atoms with Crippen molar-refractivity contribution in [1.82, 2.24) is 19.9 Å². The molecule has 0 atom stereocenters. The first-order valence-electron chi connectivity index (χ1n) is 8.49. The molecule has 0 spiro atoms. The summed E-state index contributed by atoms with van der Waals surface area (Å²) in [4.78, 5) is 40.7. The topological polar surface area (TPSA) is 103 Å². The van der Waals surface area contributed by atoms with E-state index in [9.17, 15) is 14.4 Å². The number of fused-ring (bicyclic) bond motifs is 1. The van der Waals surface area contributed by atoms with Gasteiger partial charge in [0.25, 0.3) is 11.5 Å². The Morgan fingerprint density at radius 2 is 2.04 bits per heavy atom. The highest BCUT2D eigenvalue weighted by molar-refractivity contribution is 7.16. The Labute approximate surface area is 157 Å². The molecule has 138 valence electrons. The summed E-state index contributed by atoms with van der Waals surface area (Å²) in [6, 6.07) is 9.88. The number of rotatable bonds is 6. The molecule has 0 unspecified atom stereocenters. The van der Waals surface area contributed by atoms with E-state index in [4.69, 9.17) is 4.74 Å². The van der Waals surface area contributed by atoms with Crippen molar-refractivity contribution in [2.45, 2.75) is 25.4 Å². The van der Waals surface area contributed by atoms with Crippen molar-refractivity contribution in [1.29, 1.82) is 0 Å². The highest BCUT2D eigenvalue weighted by atomic mass is 32.1. The van der Waals surface area contributed by atoms with Gasteiger partial charge < -0.3 is 10.1 Å². The summed E-state index contributed by atoms with van der Waals surface area (Å²) in [5, 5.41) is 7.70. The van der Waals surface area contributed by atoms with Gasteiger partial charge in [-0.1, -0.05) is 29.5 Å². The van der Waals surface area contributed by atoms with Gasteiger partial charge in [0.2, 0.25) is 4.96 Å². The van der Waals surface area contributed by atoms with E-state index in [2.05, 4.69) is 15.4 Å². The molecule has 3 aromatic rings. The largest absolute Gasteiger partial charge is 0.458 e. The van der Waals surface area contributed by atoms with Gasteiger partial charge in [0, 0.05) is 17.5 Å². The zero-order valence-corrected chi connectivity index (χ0v) is 15.1. The number of esters is 1. The number of carbonyl (C=O) groups is 2. The number of aromatic nitrogens is 3. The van der Waals surface area contributed by atoms with Crippen molar-refractivity contribution in [2.75, 3.05) is 6.54 Å². The normalized spacial score (nSPS) is 13.5. The Morgan fingerprint density at radius 3 is 2.78 bits per heavy atom. The van der Waals surface area contributed by atoms with Gasteiger partial charge in [-0.15, -0.1) is 0 Å². The minimum atomic E-state index is -0.607. The van der Waals surface area contributed by atoms with Gasteiger partial charge in [0.05, 0.1) is 5.69 Å². The molecular formula is C18H16N4O4S. The lowest BCUT2D eigenvalue weighted by atomic mass is 10.2. The second kappa shape index (κ2) is 7.28. The minimum absolute atomic E-state index is 0.136. The molecule has 2 heterocycles. The summed E-state index contributed by atoms with van der Waals surface area (Å²) >= 11 is 1.39. The Bertz CT molecular complexity index is 1060. The van der Waals surface area contributed by atoms with Crippen LogP contribution in [0, 0.1) is 0 Å². The summed E-state index contributed by atoms with van der Waals surface area (Å²) in [5.74, 6) is -0.530. The number of amides is 1. The molecule has 1 saturated carbocycles. The van der Waals surface area contributed by atoms with Crippen LogP contribution in [0.15, 0.2) is 41.2 Å². The number of hydrogen-bond acceptors (Lipinski definition) is 7. The van der Waals surface area contributed by atoms with E-state index in [1.54, 1.807) is 30.3 Å². The maximum absolute atomic E-state index is 12.1. The highest BCUT2D eigenvalue weighted by Gasteiger charge is 2.28. The van der Waals surface area contributed by atoms with Gasteiger partial charge in [-0.05, 0) is 25.0 Å². The quantitative estimate of drug-likeness (QED) is 0.646. The fraction of sp³-hybridized carbons (Fsp3) is 0.278. The SMILES string of the molecule is O=C(CNC(=O)c1ccccc1)OCc1cc(=O)n2nc(C3CC3)sc2n1. The Hall–Kier alpha value is -3.07. The number of nitrogens with zero attached hydrogens (tertiary/aromatic N) is 3. The molecule has 0 saturated heterocycles. The van der Waals surface area contributed by atoms with E-state index >= 15 is 0 Å². The van der Waals surface area contributed by atoms with Crippen molar-refractivity contribution in [3.63, 3.8) is 0 Å². The minimum Gasteiger partial charge on any atom is -0.458 e. The molecule has 0 bridgehead atoms. The van der Waals surface area contributed by atoms with Crippen LogP contribution < -0.4 is 10.9 Å². The van der Waals surface area contributed by atoms with E-state index in [0.717, 1.165) is 17.8 Å². The lowest BCUT2D eigenvalue weighted by Crippen LogP contribution is -2.30. The lowest BCUT2D eigenvalue weighted by molar-refractivity contribution is -0.143. The van der Waals surface area contributed by atoms with Gasteiger partial charge >= 0.3 is 5.97 Å². The summed E-state index contributed by atoms with van der Waals surface area (Å²) in [5.41, 5.74) is 0.516. The van der Waals surface area contributed by atoms with Gasteiger partial charge in [-0.3, -0.25) is 14.4 Å². The lowest BCUT2D eigenvalue weighted by Gasteiger charge is -2.06. The first kappa shape index (κ1) is 17.3. The maximum Gasteiger partial charge on any atom is 0.325 e. The summed E-state index contributed by atoms with van der Waals surface area (Å²) in [6.07, 6.45) is 2.18. The van der Waals surface area contributed by atoms with Gasteiger partial charge in [0.1, 0.15) is 18.2 Å². The number of hydrogen-bond donors (Lipinski definition) is 1. The first-order valence-corrected chi connectivity index (χ1v) is 9.30. The predicted molar refractivity (Wildman–Crippen MR) is 97.7 cm³/mol. The molecule has 27 heavy (non-hydrogen) atoms. The van der Waals surface area contributed by atoms with Crippen LogP contribution in [0.2, 0.25) is 0 Å². The van der Waals surface area contributed by atoms with Crippen LogP contribution in [0.4, 0.5) is 0 Å². The standard InChI is InChI=1S/C18H16N4O4S/c23-14-8-13(20-18-22(14)21-17(27-18)12-6-7-12)10-26-15(24)9-19-16(25)11-4-2-1-3-5-11/h1-5,8,12H,6-7,9-10H2,(H,19,25). The third kappa shape index (κ3) is 4.03. The molecule has 1 fully saturated rings. The fourth-order valence-electron chi connectivity index (χ4n) is 2.49. The second-order valence-electron chi connectivity index (χ2n) is 6.20. The molecule has 4 rings (SSSR count). The van der Waals surface area contributed by atoms with Crippen molar-refractivity contribution in [2.24, 2.45) is 0 Å². The van der Waals surface area contributed by atoms with Gasteiger partial charge in [-0.2, -0.15) is 9.61 Å². The zero-order valence-electron chi connectivity index (χ0n) is 14.3.